The third-order valence-corrected chi connectivity index (χ3v) is 4.62. The van der Waals surface area contributed by atoms with Crippen LogP contribution in [0.25, 0.3) is 11.1 Å². The molecule has 0 fully saturated rings. The Kier molecular flexibility index (Phi) is 5.49. The van der Waals surface area contributed by atoms with E-state index in [-0.39, 0.29) is 5.75 Å². The fraction of sp³-hybridized carbons (Fsp3) is 0.130. The van der Waals surface area contributed by atoms with Crippen molar-refractivity contribution in [3.8, 4) is 11.5 Å². The van der Waals surface area contributed by atoms with Crippen LogP contribution in [0, 0.1) is 0 Å². The summed E-state index contributed by atoms with van der Waals surface area (Å²) in [6, 6.07) is 18.5. The van der Waals surface area contributed by atoms with Crippen molar-refractivity contribution >= 4 is 34.6 Å². The Bertz CT molecular complexity index is 1170. The quantitative estimate of drug-likeness (QED) is 0.403. The van der Waals surface area contributed by atoms with Gasteiger partial charge in [-0.1, -0.05) is 29.8 Å². The molecule has 0 aliphatic rings. The lowest BCUT2D eigenvalue weighted by Crippen LogP contribution is -1.93. The minimum Gasteiger partial charge on any atom is -0.504 e. The van der Waals surface area contributed by atoms with Gasteiger partial charge in [0.15, 0.2) is 23.0 Å². The molecule has 0 unspecified atom stereocenters. The van der Waals surface area contributed by atoms with Gasteiger partial charge in [0.1, 0.15) is 5.52 Å². The molecule has 1 aromatic heterocycles. The second kappa shape index (κ2) is 8.37. The van der Waals surface area contributed by atoms with Crippen LogP contribution in [0.1, 0.15) is 23.9 Å². The van der Waals surface area contributed by atoms with Gasteiger partial charge >= 0.3 is 0 Å². The Morgan fingerprint density at radius 2 is 1.97 bits per heavy atom. The summed E-state index contributed by atoms with van der Waals surface area (Å²) in [6.07, 6.45) is 2.19. The molecule has 1 heterocycles. The molecule has 4 aromatic rings. The number of halogens is 1. The molecule has 0 amide bonds. The number of phenolic OH excluding ortho intramolecular Hbond substituents is 1. The van der Waals surface area contributed by atoms with E-state index in [9.17, 15) is 5.11 Å². The Hall–Kier alpha value is -3.31. The fourth-order valence-electron chi connectivity index (χ4n) is 2.96. The van der Waals surface area contributed by atoms with Gasteiger partial charge in [0.05, 0.1) is 12.3 Å². The molecule has 6 heteroatoms. The van der Waals surface area contributed by atoms with Gasteiger partial charge in [-0.3, -0.25) is 4.99 Å². The predicted octanol–water partition coefficient (Wildman–Crippen LogP) is 5.93. The number of rotatable bonds is 6. The van der Waals surface area contributed by atoms with E-state index in [1.165, 1.54) is 0 Å². The van der Waals surface area contributed by atoms with Crippen LogP contribution in [0.4, 0.5) is 5.69 Å². The molecular weight excluding hydrogens is 388 g/mol. The zero-order valence-corrected chi connectivity index (χ0v) is 16.6. The molecule has 146 valence electrons. The van der Waals surface area contributed by atoms with E-state index < -0.39 is 0 Å². The van der Waals surface area contributed by atoms with Gasteiger partial charge in [0.2, 0.25) is 0 Å². The summed E-state index contributed by atoms with van der Waals surface area (Å²) in [5.74, 6) is 1.15. The molecule has 0 spiro atoms. The monoisotopic (exact) mass is 406 g/mol. The molecular formula is C23H19ClN2O3. The molecule has 4 rings (SSSR count). The lowest BCUT2D eigenvalue weighted by atomic mass is 10.1. The first-order valence-electron chi connectivity index (χ1n) is 9.25. The lowest BCUT2D eigenvalue weighted by molar-refractivity contribution is 0.318. The SMILES string of the molecule is CCOc1cccc(C=Nc2ccc3oc(Cc4ccc(Cl)cc4)nc3c2)c1O. The van der Waals surface area contributed by atoms with Crippen molar-refractivity contribution < 1.29 is 14.3 Å². The third-order valence-electron chi connectivity index (χ3n) is 4.37. The molecule has 0 bridgehead atoms. The molecule has 5 nitrogen and oxygen atoms in total. The smallest absolute Gasteiger partial charge is 0.199 e. The topological polar surface area (TPSA) is 67.9 Å². The Morgan fingerprint density at radius 3 is 2.76 bits per heavy atom. The number of nitrogens with zero attached hydrogens (tertiary/aromatic N) is 2. The number of ether oxygens (including phenoxy) is 1. The van der Waals surface area contributed by atoms with E-state index in [4.69, 9.17) is 20.8 Å². The van der Waals surface area contributed by atoms with Crippen molar-refractivity contribution in [2.75, 3.05) is 6.61 Å². The van der Waals surface area contributed by atoms with E-state index in [1.54, 1.807) is 18.3 Å². The van der Waals surface area contributed by atoms with Crippen LogP contribution in [0.2, 0.25) is 5.02 Å². The maximum absolute atomic E-state index is 10.3. The fourth-order valence-corrected chi connectivity index (χ4v) is 3.08. The summed E-state index contributed by atoms with van der Waals surface area (Å²) in [5.41, 5.74) is 3.80. The highest BCUT2D eigenvalue weighted by Crippen LogP contribution is 2.29. The molecule has 0 saturated carbocycles. The second-order valence-corrected chi connectivity index (χ2v) is 6.88. The number of fused-ring (bicyclic) bond motifs is 1. The van der Waals surface area contributed by atoms with Crippen molar-refractivity contribution in [1.82, 2.24) is 4.98 Å². The number of hydrogen-bond acceptors (Lipinski definition) is 5. The van der Waals surface area contributed by atoms with Crippen LogP contribution in [0.3, 0.4) is 0 Å². The van der Waals surface area contributed by atoms with Gasteiger partial charge in [-0.25, -0.2) is 4.98 Å². The van der Waals surface area contributed by atoms with Crippen molar-refractivity contribution in [2.45, 2.75) is 13.3 Å². The van der Waals surface area contributed by atoms with Gasteiger partial charge in [-0.05, 0) is 55.0 Å². The van der Waals surface area contributed by atoms with Crippen LogP contribution in [0.5, 0.6) is 11.5 Å². The van der Waals surface area contributed by atoms with Crippen molar-refractivity contribution in [2.24, 2.45) is 4.99 Å². The average Bonchev–Trinajstić information content (AvgIpc) is 3.12. The number of aliphatic imine (C=N–C) groups is 1. The molecule has 0 aliphatic heterocycles. The minimum absolute atomic E-state index is 0.0749. The summed E-state index contributed by atoms with van der Waals surface area (Å²) in [7, 11) is 0. The van der Waals surface area contributed by atoms with Crippen LogP contribution < -0.4 is 4.74 Å². The van der Waals surface area contributed by atoms with E-state index in [2.05, 4.69) is 9.98 Å². The predicted molar refractivity (Wildman–Crippen MR) is 115 cm³/mol. The van der Waals surface area contributed by atoms with Crippen LogP contribution in [0.15, 0.2) is 70.1 Å². The second-order valence-electron chi connectivity index (χ2n) is 6.45. The molecule has 29 heavy (non-hydrogen) atoms. The maximum atomic E-state index is 10.3. The summed E-state index contributed by atoms with van der Waals surface area (Å²) in [5, 5.41) is 11.0. The number of para-hydroxylation sites is 1. The first-order chi connectivity index (χ1) is 14.1. The number of aromatic hydroxyl groups is 1. The first kappa shape index (κ1) is 19.0. The maximum Gasteiger partial charge on any atom is 0.199 e. The van der Waals surface area contributed by atoms with Crippen molar-refractivity contribution in [1.29, 1.82) is 0 Å². The van der Waals surface area contributed by atoms with Gasteiger partial charge in [0, 0.05) is 23.2 Å². The highest BCUT2D eigenvalue weighted by Gasteiger charge is 2.09. The Labute approximate surface area is 173 Å². The van der Waals surface area contributed by atoms with E-state index in [0.29, 0.717) is 46.5 Å². The normalized spacial score (nSPS) is 11.4. The molecule has 0 atom stereocenters. The van der Waals surface area contributed by atoms with Gasteiger partial charge < -0.3 is 14.3 Å². The van der Waals surface area contributed by atoms with Crippen LogP contribution in [-0.4, -0.2) is 22.9 Å². The van der Waals surface area contributed by atoms with Gasteiger partial charge in [0.25, 0.3) is 0 Å². The van der Waals surface area contributed by atoms with E-state index in [0.717, 1.165) is 11.1 Å². The van der Waals surface area contributed by atoms with E-state index in [1.807, 2.05) is 55.5 Å². The number of benzene rings is 3. The summed E-state index contributed by atoms with van der Waals surface area (Å²) in [4.78, 5) is 9.01. The van der Waals surface area contributed by atoms with E-state index >= 15 is 0 Å². The van der Waals surface area contributed by atoms with Gasteiger partial charge in [-0.15, -0.1) is 0 Å². The van der Waals surface area contributed by atoms with Crippen molar-refractivity contribution in [3.05, 3.63) is 82.7 Å². The zero-order valence-electron chi connectivity index (χ0n) is 15.8. The summed E-state index contributed by atoms with van der Waals surface area (Å²) >= 11 is 5.93. The highest BCUT2D eigenvalue weighted by atomic mass is 35.5. The molecule has 3 aromatic carbocycles. The van der Waals surface area contributed by atoms with Gasteiger partial charge in [-0.2, -0.15) is 0 Å². The number of oxazole rings is 1. The molecule has 0 aliphatic carbocycles. The Morgan fingerprint density at radius 1 is 1.14 bits per heavy atom. The molecule has 0 radical (unpaired) electrons. The highest BCUT2D eigenvalue weighted by molar-refractivity contribution is 6.30. The molecule has 0 saturated heterocycles. The van der Waals surface area contributed by atoms with Crippen LogP contribution >= 0.6 is 11.6 Å². The van der Waals surface area contributed by atoms with Crippen molar-refractivity contribution in [3.63, 3.8) is 0 Å². The lowest BCUT2D eigenvalue weighted by Gasteiger charge is -2.07. The first-order valence-corrected chi connectivity index (χ1v) is 9.63. The summed E-state index contributed by atoms with van der Waals surface area (Å²) in [6.45, 7) is 2.35. The minimum atomic E-state index is 0.0749. The number of hydrogen-bond donors (Lipinski definition) is 1. The third kappa shape index (κ3) is 4.41. The Balaban J connectivity index is 1.55. The number of aromatic nitrogens is 1. The summed E-state index contributed by atoms with van der Waals surface area (Å²) < 4.78 is 11.2. The standard InChI is InChI=1S/C23H19ClN2O3/c1-2-28-21-5-3-4-16(23(21)27)14-25-18-10-11-20-19(13-18)26-22(29-20)12-15-6-8-17(24)9-7-15/h3-11,13-14,27H,2,12H2,1H3. The largest absolute Gasteiger partial charge is 0.504 e. The average molecular weight is 407 g/mol. The van der Waals surface area contributed by atoms with Crippen LogP contribution in [-0.2, 0) is 6.42 Å². The number of phenols is 1. The zero-order chi connectivity index (χ0) is 20.2. The molecule has 1 N–H and O–H groups in total.